The second-order valence-electron chi connectivity index (χ2n) is 5.89. The Labute approximate surface area is 191 Å². The number of rotatable bonds is 7. The summed E-state index contributed by atoms with van der Waals surface area (Å²) >= 11 is 21.1. The fraction of sp³-hybridized carbons (Fsp3) is 0.222. The summed E-state index contributed by atoms with van der Waals surface area (Å²) in [7, 11) is -3.85. The third kappa shape index (κ3) is 6.58. The number of carbonyl (C=O) groups is 2. The summed E-state index contributed by atoms with van der Waals surface area (Å²) in [5.74, 6) is -1.96. The average molecular weight is 544 g/mol. The van der Waals surface area contributed by atoms with Crippen molar-refractivity contribution in [3.05, 3.63) is 55.4 Å². The molecule has 2 aromatic rings. The highest BCUT2D eigenvalue weighted by molar-refractivity contribution is 9.10. The van der Waals surface area contributed by atoms with Gasteiger partial charge in [-0.2, -0.15) is 0 Å². The quantitative estimate of drug-likeness (QED) is 0.493. The topological polar surface area (TPSA) is 89.5 Å². The number of sulfone groups is 1. The van der Waals surface area contributed by atoms with E-state index in [4.69, 9.17) is 39.5 Å². The molecule has 156 valence electrons. The Morgan fingerprint density at radius 1 is 1.14 bits per heavy atom. The second kappa shape index (κ2) is 10.1. The summed E-state index contributed by atoms with van der Waals surface area (Å²) in [5.41, 5.74) is 1.11. The van der Waals surface area contributed by atoms with Crippen LogP contribution < -0.4 is 5.32 Å². The molecule has 0 aliphatic carbocycles. The van der Waals surface area contributed by atoms with Crippen molar-refractivity contribution in [1.29, 1.82) is 0 Å². The van der Waals surface area contributed by atoms with Gasteiger partial charge in [-0.15, -0.1) is 0 Å². The summed E-state index contributed by atoms with van der Waals surface area (Å²) in [6.07, 6.45) is -0.443. The third-order valence-electron chi connectivity index (χ3n) is 3.78. The third-order valence-corrected chi connectivity index (χ3v) is 7.58. The van der Waals surface area contributed by atoms with E-state index in [0.717, 1.165) is 0 Å². The zero-order valence-electron chi connectivity index (χ0n) is 15.0. The van der Waals surface area contributed by atoms with E-state index in [2.05, 4.69) is 21.2 Å². The molecule has 0 spiro atoms. The molecule has 6 nitrogen and oxygen atoms in total. The molecule has 0 radical (unpaired) electrons. The lowest BCUT2D eigenvalue weighted by Gasteiger charge is -2.11. The monoisotopic (exact) mass is 541 g/mol. The number of benzene rings is 2. The van der Waals surface area contributed by atoms with Crippen LogP contribution in [0.4, 0.5) is 5.69 Å². The predicted octanol–water partition coefficient (Wildman–Crippen LogP) is 5.06. The minimum Gasteiger partial charge on any atom is -0.456 e. The van der Waals surface area contributed by atoms with Crippen LogP contribution in [-0.2, 0) is 24.2 Å². The van der Waals surface area contributed by atoms with Crippen LogP contribution in [0.2, 0.25) is 15.1 Å². The van der Waals surface area contributed by atoms with E-state index in [9.17, 15) is 18.0 Å². The van der Waals surface area contributed by atoms with Crippen molar-refractivity contribution in [3.8, 4) is 0 Å². The van der Waals surface area contributed by atoms with Gasteiger partial charge in [-0.1, -0.05) is 34.8 Å². The number of carbonyl (C=O) groups excluding carboxylic acids is 2. The number of esters is 1. The van der Waals surface area contributed by atoms with Gasteiger partial charge in [0.1, 0.15) is 0 Å². The Balaban J connectivity index is 1.89. The minimum atomic E-state index is -3.85. The molecule has 2 rings (SSSR count). The molecule has 0 bridgehead atoms. The van der Waals surface area contributed by atoms with Crippen LogP contribution >= 0.6 is 50.7 Å². The van der Waals surface area contributed by atoms with Gasteiger partial charge in [0, 0.05) is 15.2 Å². The maximum atomic E-state index is 12.3. The van der Waals surface area contributed by atoms with Crippen LogP contribution in [-0.4, -0.2) is 32.7 Å². The van der Waals surface area contributed by atoms with Gasteiger partial charge in [-0.25, -0.2) is 8.42 Å². The number of amides is 1. The first-order chi connectivity index (χ1) is 13.5. The Morgan fingerprint density at radius 2 is 1.83 bits per heavy atom. The molecule has 0 unspecified atom stereocenters. The summed E-state index contributed by atoms with van der Waals surface area (Å²) in [4.78, 5) is 23.7. The van der Waals surface area contributed by atoms with Crippen molar-refractivity contribution < 1.29 is 22.7 Å². The smallest absolute Gasteiger partial charge is 0.307 e. The van der Waals surface area contributed by atoms with E-state index >= 15 is 0 Å². The van der Waals surface area contributed by atoms with Crippen LogP contribution in [0.5, 0.6) is 0 Å². The van der Waals surface area contributed by atoms with Gasteiger partial charge in [0.05, 0.1) is 27.1 Å². The van der Waals surface area contributed by atoms with E-state index in [1.807, 2.05) is 0 Å². The number of halogens is 4. The first-order valence-corrected chi connectivity index (χ1v) is 11.7. The SMILES string of the molecule is Cc1c(NC(=O)COC(=O)CCS(=O)(=O)c2cc(Cl)ccc2Cl)ccc(Br)c1Cl. The molecular formula is C18H15BrCl3NO5S. The van der Waals surface area contributed by atoms with Gasteiger partial charge in [0.15, 0.2) is 16.4 Å². The Hall–Kier alpha value is -1.32. The molecule has 0 aliphatic heterocycles. The van der Waals surface area contributed by atoms with E-state index in [-0.39, 0.29) is 14.9 Å². The average Bonchev–Trinajstić information content (AvgIpc) is 2.67. The molecule has 11 heteroatoms. The number of anilines is 1. The summed E-state index contributed by atoms with van der Waals surface area (Å²) in [6, 6.07) is 7.34. The first kappa shape index (κ1) is 24.0. The Morgan fingerprint density at radius 3 is 2.52 bits per heavy atom. The molecule has 1 N–H and O–H groups in total. The summed E-state index contributed by atoms with van der Waals surface area (Å²) in [6.45, 7) is 1.16. The molecule has 0 aromatic heterocycles. The van der Waals surface area contributed by atoms with Gasteiger partial charge in [-0.3, -0.25) is 9.59 Å². The van der Waals surface area contributed by atoms with Crippen molar-refractivity contribution in [2.24, 2.45) is 0 Å². The molecule has 0 fully saturated rings. The maximum Gasteiger partial charge on any atom is 0.307 e. The molecule has 0 aliphatic rings. The Bertz CT molecular complexity index is 1060. The lowest BCUT2D eigenvalue weighted by atomic mass is 10.2. The Kier molecular flexibility index (Phi) is 8.37. The van der Waals surface area contributed by atoms with E-state index in [1.165, 1.54) is 18.2 Å². The van der Waals surface area contributed by atoms with Crippen molar-refractivity contribution in [2.45, 2.75) is 18.2 Å². The molecule has 0 saturated heterocycles. The number of ether oxygens (including phenoxy) is 1. The maximum absolute atomic E-state index is 12.3. The van der Waals surface area contributed by atoms with Gasteiger partial charge < -0.3 is 10.1 Å². The van der Waals surface area contributed by atoms with E-state index in [1.54, 1.807) is 19.1 Å². The highest BCUT2D eigenvalue weighted by Gasteiger charge is 2.21. The lowest BCUT2D eigenvalue weighted by Crippen LogP contribution is -2.22. The van der Waals surface area contributed by atoms with Crippen molar-refractivity contribution >= 4 is 78.1 Å². The van der Waals surface area contributed by atoms with Crippen LogP contribution in [0.1, 0.15) is 12.0 Å². The summed E-state index contributed by atoms with van der Waals surface area (Å²) in [5, 5.41) is 3.23. The molecule has 0 saturated carbocycles. The van der Waals surface area contributed by atoms with E-state index in [0.29, 0.717) is 20.7 Å². The van der Waals surface area contributed by atoms with Gasteiger partial charge in [0.2, 0.25) is 0 Å². The fourth-order valence-electron chi connectivity index (χ4n) is 2.24. The second-order valence-corrected chi connectivity index (χ2v) is 10.0. The summed E-state index contributed by atoms with van der Waals surface area (Å²) < 4.78 is 30.2. The normalized spacial score (nSPS) is 11.2. The molecule has 0 atom stereocenters. The van der Waals surface area contributed by atoms with Crippen molar-refractivity contribution in [1.82, 2.24) is 0 Å². The molecule has 2 aromatic carbocycles. The van der Waals surface area contributed by atoms with Crippen LogP contribution in [0.25, 0.3) is 0 Å². The lowest BCUT2D eigenvalue weighted by molar-refractivity contribution is -0.146. The highest BCUT2D eigenvalue weighted by atomic mass is 79.9. The zero-order valence-corrected chi connectivity index (χ0v) is 19.6. The highest BCUT2D eigenvalue weighted by Crippen LogP contribution is 2.31. The van der Waals surface area contributed by atoms with Crippen LogP contribution in [0, 0.1) is 6.92 Å². The van der Waals surface area contributed by atoms with Crippen molar-refractivity contribution in [2.75, 3.05) is 17.7 Å². The van der Waals surface area contributed by atoms with Gasteiger partial charge in [0.25, 0.3) is 5.91 Å². The van der Waals surface area contributed by atoms with Crippen LogP contribution in [0.15, 0.2) is 39.7 Å². The zero-order chi connectivity index (χ0) is 21.8. The van der Waals surface area contributed by atoms with Gasteiger partial charge in [-0.05, 0) is 58.7 Å². The van der Waals surface area contributed by atoms with Crippen LogP contribution in [0.3, 0.4) is 0 Å². The number of hydrogen-bond donors (Lipinski definition) is 1. The fourth-order valence-corrected chi connectivity index (χ4v) is 4.86. The molecule has 0 heterocycles. The molecular weight excluding hydrogens is 529 g/mol. The van der Waals surface area contributed by atoms with Crippen molar-refractivity contribution in [3.63, 3.8) is 0 Å². The molecule has 1 amide bonds. The van der Waals surface area contributed by atoms with Gasteiger partial charge >= 0.3 is 5.97 Å². The standard InChI is InChI=1S/C18H15BrCl3NO5S/c1-10-14(5-3-12(19)18(10)22)23-16(24)9-28-17(25)6-7-29(26,27)15-8-11(20)2-4-13(15)21/h2-5,8H,6-7,9H2,1H3,(H,23,24). The number of hydrogen-bond acceptors (Lipinski definition) is 5. The first-order valence-electron chi connectivity index (χ1n) is 8.09. The minimum absolute atomic E-state index is 0.00525. The van der Waals surface area contributed by atoms with E-state index < -0.39 is 40.5 Å². The predicted molar refractivity (Wildman–Crippen MR) is 117 cm³/mol. The largest absolute Gasteiger partial charge is 0.456 e. The number of nitrogens with one attached hydrogen (secondary N) is 1. The molecule has 29 heavy (non-hydrogen) atoms.